The normalized spacial score (nSPS) is 14.1. The molecule has 0 saturated carbocycles. The van der Waals surface area contributed by atoms with Crippen molar-refractivity contribution >= 4 is 6.21 Å². The van der Waals surface area contributed by atoms with Gasteiger partial charge in [-0.05, 0) is 38.5 Å². The van der Waals surface area contributed by atoms with E-state index in [1.807, 2.05) is 62.2 Å². The molecule has 0 fully saturated rings. The summed E-state index contributed by atoms with van der Waals surface area (Å²) >= 11 is 0. The number of hydrazone groups is 1. The molecule has 0 aromatic heterocycles. The van der Waals surface area contributed by atoms with Gasteiger partial charge in [-0.1, -0.05) is 42.5 Å². The van der Waals surface area contributed by atoms with E-state index in [1.54, 1.807) is 24.4 Å². The van der Waals surface area contributed by atoms with Gasteiger partial charge in [0.2, 0.25) is 0 Å². The summed E-state index contributed by atoms with van der Waals surface area (Å²) in [7, 11) is 0. The van der Waals surface area contributed by atoms with Gasteiger partial charge in [0.05, 0.1) is 12.3 Å². The number of nitrogens with zero attached hydrogens (tertiary/aromatic N) is 2. The fourth-order valence-corrected chi connectivity index (χ4v) is 2.51. The first-order valence-corrected chi connectivity index (χ1v) is 7.84. The molecule has 122 valence electrons. The molecule has 2 aromatic carbocycles. The van der Waals surface area contributed by atoms with Crippen LogP contribution in [0, 0.1) is 0 Å². The summed E-state index contributed by atoms with van der Waals surface area (Å²) in [5.74, 6) is 0.191. The van der Waals surface area contributed by atoms with E-state index in [0.717, 1.165) is 5.56 Å². The molecule has 0 saturated heterocycles. The van der Waals surface area contributed by atoms with Crippen molar-refractivity contribution in [3.05, 3.63) is 65.7 Å². The molecule has 0 bridgehead atoms. The lowest BCUT2D eigenvalue weighted by Crippen LogP contribution is -2.38. The lowest BCUT2D eigenvalue weighted by molar-refractivity contribution is 0.0425. The number of phenolic OH excluding ortho intramolecular Hbond substituents is 1. The topological polar surface area (TPSA) is 56.1 Å². The highest BCUT2D eigenvalue weighted by Gasteiger charge is 2.23. The Labute approximate surface area is 137 Å². The number of phenols is 1. The molecule has 0 amide bonds. The number of hydrogen-bond donors (Lipinski definition) is 2. The maximum Gasteiger partial charge on any atom is 0.124 e. The van der Waals surface area contributed by atoms with E-state index < -0.39 is 6.10 Å². The summed E-state index contributed by atoms with van der Waals surface area (Å²) in [6, 6.07) is 16.5. The van der Waals surface area contributed by atoms with Crippen molar-refractivity contribution in [2.45, 2.75) is 39.0 Å². The van der Waals surface area contributed by atoms with Gasteiger partial charge in [0.25, 0.3) is 0 Å². The standard InChI is InChI=1S/C19H24N2O2/c1-14(2)21(20-13-17-11-7-8-12-18(17)22)15(3)19(23)16-9-5-4-6-10-16/h4-15,19,22-23H,1-3H3/b20-13+/t15-,19+/m0/s1. The average Bonchev–Trinajstić information content (AvgIpc) is 2.56. The number of aliphatic hydroxyl groups excluding tert-OH is 1. The fraction of sp³-hybridized carbons (Fsp3) is 0.316. The van der Waals surface area contributed by atoms with Gasteiger partial charge in [0, 0.05) is 11.6 Å². The summed E-state index contributed by atoms with van der Waals surface area (Å²) in [6.45, 7) is 5.99. The van der Waals surface area contributed by atoms with Crippen LogP contribution < -0.4 is 0 Å². The summed E-state index contributed by atoms with van der Waals surface area (Å²) in [6.07, 6.45) is 0.990. The quantitative estimate of drug-likeness (QED) is 0.633. The van der Waals surface area contributed by atoms with Gasteiger partial charge >= 0.3 is 0 Å². The van der Waals surface area contributed by atoms with Crippen molar-refractivity contribution in [3.8, 4) is 5.75 Å². The van der Waals surface area contributed by atoms with Crippen LogP contribution in [0.25, 0.3) is 0 Å². The zero-order valence-corrected chi connectivity index (χ0v) is 13.8. The SMILES string of the molecule is CC(C)N(/N=C/c1ccccc1O)[C@@H](C)[C@@H](O)c1ccccc1. The molecule has 23 heavy (non-hydrogen) atoms. The van der Waals surface area contributed by atoms with Gasteiger partial charge in [-0.15, -0.1) is 0 Å². The first kappa shape index (κ1) is 17.0. The van der Waals surface area contributed by atoms with Gasteiger partial charge in [-0.25, -0.2) is 0 Å². The lowest BCUT2D eigenvalue weighted by Gasteiger charge is -2.33. The predicted molar refractivity (Wildman–Crippen MR) is 93.5 cm³/mol. The van der Waals surface area contributed by atoms with Crippen LogP contribution in [0.5, 0.6) is 5.75 Å². The van der Waals surface area contributed by atoms with Crippen LogP contribution in [0.2, 0.25) is 0 Å². The van der Waals surface area contributed by atoms with Crippen LogP contribution in [-0.2, 0) is 0 Å². The Kier molecular flexibility index (Phi) is 5.77. The van der Waals surface area contributed by atoms with E-state index in [1.165, 1.54) is 0 Å². The number of benzene rings is 2. The van der Waals surface area contributed by atoms with Crippen LogP contribution in [0.15, 0.2) is 59.7 Å². The second-order valence-electron chi connectivity index (χ2n) is 5.87. The van der Waals surface area contributed by atoms with Crippen LogP contribution >= 0.6 is 0 Å². The molecule has 0 aliphatic carbocycles. The smallest absolute Gasteiger partial charge is 0.124 e. The molecule has 4 nitrogen and oxygen atoms in total. The lowest BCUT2D eigenvalue weighted by atomic mass is 10.0. The third-order valence-corrected chi connectivity index (χ3v) is 3.81. The summed E-state index contributed by atoms with van der Waals surface area (Å²) in [5.41, 5.74) is 1.52. The Morgan fingerprint density at radius 3 is 2.17 bits per heavy atom. The molecule has 4 heteroatoms. The molecular formula is C19H24N2O2. The van der Waals surface area contributed by atoms with E-state index in [-0.39, 0.29) is 17.8 Å². The fourth-order valence-electron chi connectivity index (χ4n) is 2.51. The van der Waals surface area contributed by atoms with E-state index in [9.17, 15) is 10.2 Å². The van der Waals surface area contributed by atoms with Crippen molar-refractivity contribution in [2.75, 3.05) is 0 Å². The van der Waals surface area contributed by atoms with Gasteiger partial charge in [-0.2, -0.15) is 5.10 Å². The zero-order chi connectivity index (χ0) is 16.8. The van der Waals surface area contributed by atoms with Crippen molar-refractivity contribution in [1.82, 2.24) is 5.01 Å². The summed E-state index contributed by atoms with van der Waals surface area (Å²) in [5, 5.41) is 26.8. The highest BCUT2D eigenvalue weighted by atomic mass is 16.3. The average molecular weight is 312 g/mol. The molecule has 0 heterocycles. The number of para-hydroxylation sites is 1. The Morgan fingerprint density at radius 2 is 1.57 bits per heavy atom. The van der Waals surface area contributed by atoms with Crippen molar-refractivity contribution < 1.29 is 10.2 Å². The third kappa shape index (κ3) is 4.33. The Morgan fingerprint density at radius 1 is 0.957 bits per heavy atom. The Balaban J connectivity index is 2.19. The maximum absolute atomic E-state index is 10.6. The number of aromatic hydroxyl groups is 1. The minimum atomic E-state index is -0.639. The highest BCUT2D eigenvalue weighted by molar-refractivity contribution is 5.82. The molecule has 2 rings (SSSR count). The van der Waals surface area contributed by atoms with Gasteiger partial charge in [0.1, 0.15) is 11.9 Å². The van der Waals surface area contributed by atoms with Crippen LogP contribution in [0.4, 0.5) is 0 Å². The number of hydrogen-bond acceptors (Lipinski definition) is 4. The van der Waals surface area contributed by atoms with E-state index in [4.69, 9.17) is 0 Å². The highest BCUT2D eigenvalue weighted by Crippen LogP contribution is 2.23. The monoisotopic (exact) mass is 312 g/mol. The number of aliphatic hydroxyl groups is 1. The van der Waals surface area contributed by atoms with Crippen LogP contribution in [-0.4, -0.2) is 33.5 Å². The van der Waals surface area contributed by atoms with Gasteiger partial charge in [0.15, 0.2) is 0 Å². The first-order valence-electron chi connectivity index (χ1n) is 7.84. The predicted octanol–water partition coefficient (Wildman–Crippen LogP) is 3.56. The molecule has 0 aliphatic heterocycles. The maximum atomic E-state index is 10.6. The molecule has 0 radical (unpaired) electrons. The Bertz CT molecular complexity index is 641. The third-order valence-electron chi connectivity index (χ3n) is 3.81. The molecule has 0 spiro atoms. The van der Waals surface area contributed by atoms with E-state index in [2.05, 4.69) is 5.10 Å². The van der Waals surface area contributed by atoms with Crippen molar-refractivity contribution in [3.63, 3.8) is 0 Å². The largest absolute Gasteiger partial charge is 0.507 e. The molecule has 0 aliphatic rings. The van der Waals surface area contributed by atoms with Crippen molar-refractivity contribution in [1.29, 1.82) is 0 Å². The first-order chi connectivity index (χ1) is 11.0. The summed E-state index contributed by atoms with van der Waals surface area (Å²) < 4.78 is 0. The van der Waals surface area contributed by atoms with Crippen molar-refractivity contribution in [2.24, 2.45) is 5.10 Å². The minimum absolute atomic E-state index is 0.116. The van der Waals surface area contributed by atoms with Gasteiger partial charge < -0.3 is 10.2 Å². The second-order valence-corrected chi connectivity index (χ2v) is 5.87. The molecule has 2 N–H and O–H groups in total. The second kappa shape index (κ2) is 7.79. The molecular weight excluding hydrogens is 288 g/mol. The van der Waals surface area contributed by atoms with Gasteiger partial charge in [-0.3, -0.25) is 5.01 Å². The number of rotatable bonds is 6. The summed E-state index contributed by atoms with van der Waals surface area (Å²) in [4.78, 5) is 0. The minimum Gasteiger partial charge on any atom is -0.507 e. The zero-order valence-electron chi connectivity index (χ0n) is 13.8. The van der Waals surface area contributed by atoms with E-state index in [0.29, 0.717) is 5.56 Å². The van der Waals surface area contributed by atoms with Crippen LogP contribution in [0.3, 0.4) is 0 Å². The molecule has 2 aromatic rings. The van der Waals surface area contributed by atoms with Crippen LogP contribution in [0.1, 0.15) is 38.0 Å². The molecule has 2 atom stereocenters. The Hall–Kier alpha value is -2.33. The van der Waals surface area contributed by atoms with E-state index >= 15 is 0 Å². The molecule has 0 unspecified atom stereocenters.